The number of carbonyl (C=O) groups excluding carboxylic acids is 2. The summed E-state index contributed by atoms with van der Waals surface area (Å²) in [6, 6.07) is 7.82. The Morgan fingerprint density at radius 3 is 2.36 bits per heavy atom. The predicted octanol–water partition coefficient (Wildman–Crippen LogP) is 0.507. The lowest BCUT2D eigenvalue weighted by molar-refractivity contribution is -0.136. The van der Waals surface area contributed by atoms with Crippen LogP contribution in [0.2, 0.25) is 0 Å². The Bertz CT molecular complexity index is 748. The van der Waals surface area contributed by atoms with Crippen LogP contribution in [0.1, 0.15) is 16.1 Å². The molecule has 1 aromatic carbocycles. The van der Waals surface area contributed by atoms with E-state index in [1.165, 1.54) is 7.11 Å². The number of nitrogens with zero attached hydrogens (tertiary/aromatic N) is 5. The van der Waals surface area contributed by atoms with E-state index in [2.05, 4.69) is 10.3 Å². The van der Waals surface area contributed by atoms with Crippen LogP contribution in [0.15, 0.2) is 30.5 Å². The number of rotatable bonds is 4. The van der Waals surface area contributed by atoms with Crippen molar-refractivity contribution in [2.24, 2.45) is 0 Å². The molecule has 0 aliphatic carbocycles. The Balaban J connectivity index is 1.63. The summed E-state index contributed by atoms with van der Waals surface area (Å²) >= 11 is 0. The van der Waals surface area contributed by atoms with E-state index in [0.717, 1.165) is 11.3 Å². The van der Waals surface area contributed by atoms with Crippen molar-refractivity contribution in [2.45, 2.75) is 6.92 Å². The molecule has 1 saturated heterocycles. The molecule has 3 rings (SSSR count). The van der Waals surface area contributed by atoms with Crippen molar-refractivity contribution in [1.82, 2.24) is 24.8 Å². The van der Waals surface area contributed by atoms with E-state index in [-0.39, 0.29) is 18.4 Å². The molecule has 1 aromatic heterocycles. The molecule has 0 radical (unpaired) electrons. The second kappa shape index (κ2) is 7.43. The van der Waals surface area contributed by atoms with Gasteiger partial charge in [-0.2, -0.15) is 0 Å². The number of amides is 2. The highest BCUT2D eigenvalue weighted by Gasteiger charge is 2.26. The Labute approximate surface area is 146 Å². The number of benzene rings is 1. The number of ether oxygens (including phenoxy) is 1. The van der Waals surface area contributed by atoms with Crippen molar-refractivity contribution in [3.63, 3.8) is 0 Å². The van der Waals surface area contributed by atoms with E-state index in [9.17, 15) is 9.59 Å². The molecule has 0 bridgehead atoms. The first-order valence-electron chi connectivity index (χ1n) is 8.14. The van der Waals surface area contributed by atoms with Crippen LogP contribution < -0.4 is 0 Å². The monoisotopic (exact) mass is 343 g/mol. The average molecular weight is 343 g/mol. The molecule has 25 heavy (non-hydrogen) atoms. The van der Waals surface area contributed by atoms with E-state index in [0.29, 0.717) is 31.9 Å². The van der Waals surface area contributed by atoms with Crippen LogP contribution in [0.5, 0.6) is 0 Å². The minimum absolute atomic E-state index is 0.0556. The summed E-state index contributed by atoms with van der Waals surface area (Å²) in [5.74, 6) is -0.225. The number of hydrogen-bond donors (Lipinski definition) is 0. The number of carbonyl (C=O) groups is 2. The van der Waals surface area contributed by atoms with Gasteiger partial charge in [0.1, 0.15) is 6.61 Å². The normalized spacial score (nSPS) is 14.6. The van der Waals surface area contributed by atoms with Gasteiger partial charge in [0.05, 0.1) is 11.9 Å². The third kappa shape index (κ3) is 3.85. The largest absolute Gasteiger partial charge is 0.375 e. The van der Waals surface area contributed by atoms with Crippen molar-refractivity contribution in [3.05, 3.63) is 41.7 Å². The van der Waals surface area contributed by atoms with Crippen molar-refractivity contribution < 1.29 is 14.3 Å². The van der Waals surface area contributed by atoms with Crippen LogP contribution >= 0.6 is 0 Å². The maximum atomic E-state index is 12.6. The van der Waals surface area contributed by atoms with Gasteiger partial charge in [0, 0.05) is 33.3 Å². The molecule has 2 amide bonds. The molecule has 0 atom stereocenters. The van der Waals surface area contributed by atoms with Crippen LogP contribution in [0.25, 0.3) is 5.69 Å². The molecule has 0 saturated carbocycles. The number of aromatic nitrogens is 3. The van der Waals surface area contributed by atoms with Gasteiger partial charge < -0.3 is 14.5 Å². The fourth-order valence-corrected chi connectivity index (χ4v) is 2.72. The number of hydrogen-bond acceptors (Lipinski definition) is 5. The highest BCUT2D eigenvalue weighted by atomic mass is 16.5. The van der Waals surface area contributed by atoms with Crippen molar-refractivity contribution >= 4 is 11.8 Å². The Morgan fingerprint density at radius 1 is 1.08 bits per heavy atom. The van der Waals surface area contributed by atoms with Gasteiger partial charge in [-0.05, 0) is 19.1 Å². The van der Waals surface area contributed by atoms with Crippen LogP contribution in [-0.4, -0.2) is 76.5 Å². The highest BCUT2D eigenvalue weighted by molar-refractivity contribution is 5.92. The second-order valence-electron chi connectivity index (χ2n) is 5.99. The van der Waals surface area contributed by atoms with Crippen LogP contribution in [0, 0.1) is 6.92 Å². The summed E-state index contributed by atoms with van der Waals surface area (Å²) in [4.78, 5) is 27.8. The molecule has 2 heterocycles. The van der Waals surface area contributed by atoms with Crippen molar-refractivity contribution in [2.75, 3.05) is 39.9 Å². The third-order valence-corrected chi connectivity index (χ3v) is 4.20. The maximum Gasteiger partial charge on any atom is 0.276 e. The van der Waals surface area contributed by atoms with Gasteiger partial charge in [0.15, 0.2) is 5.69 Å². The third-order valence-electron chi connectivity index (χ3n) is 4.20. The van der Waals surface area contributed by atoms with Crippen molar-refractivity contribution in [3.8, 4) is 5.69 Å². The zero-order chi connectivity index (χ0) is 17.8. The molecule has 8 nitrogen and oxygen atoms in total. The minimum Gasteiger partial charge on any atom is -0.375 e. The summed E-state index contributed by atoms with van der Waals surface area (Å²) in [6.07, 6.45) is 1.63. The van der Waals surface area contributed by atoms with Gasteiger partial charge in [-0.25, -0.2) is 4.68 Å². The molecular formula is C17H21N5O3. The molecule has 0 spiro atoms. The predicted molar refractivity (Wildman–Crippen MR) is 90.5 cm³/mol. The quantitative estimate of drug-likeness (QED) is 0.808. The molecule has 1 fully saturated rings. The number of piperazine rings is 1. The average Bonchev–Trinajstić information content (AvgIpc) is 3.12. The zero-order valence-corrected chi connectivity index (χ0v) is 14.4. The summed E-state index contributed by atoms with van der Waals surface area (Å²) < 4.78 is 6.45. The Hall–Kier alpha value is -2.74. The summed E-state index contributed by atoms with van der Waals surface area (Å²) in [6.45, 7) is 4.04. The molecule has 132 valence electrons. The molecule has 0 N–H and O–H groups in total. The first-order chi connectivity index (χ1) is 12.1. The molecule has 1 aliphatic heterocycles. The Morgan fingerprint density at radius 2 is 1.72 bits per heavy atom. The van der Waals surface area contributed by atoms with E-state index in [1.807, 2.05) is 31.2 Å². The van der Waals surface area contributed by atoms with Gasteiger partial charge in [0.2, 0.25) is 5.91 Å². The fourth-order valence-electron chi connectivity index (χ4n) is 2.72. The highest BCUT2D eigenvalue weighted by Crippen LogP contribution is 2.11. The molecule has 0 unspecified atom stereocenters. The summed E-state index contributed by atoms with van der Waals surface area (Å²) in [7, 11) is 1.50. The SMILES string of the molecule is COCC(=O)N1CCN(C(=O)c2cn(-c3ccc(C)cc3)nn2)CC1. The number of aryl methyl sites for hydroxylation is 1. The molecule has 8 heteroatoms. The maximum absolute atomic E-state index is 12.6. The topological polar surface area (TPSA) is 80.6 Å². The van der Waals surface area contributed by atoms with Gasteiger partial charge >= 0.3 is 0 Å². The molecular weight excluding hydrogens is 322 g/mol. The summed E-state index contributed by atoms with van der Waals surface area (Å²) in [5, 5.41) is 8.03. The fraction of sp³-hybridized carbons (Fsp3) is 0.412. The number of methoxy groups -OCH3 is 1. The Kier molecular flexibility index (Phi) is 5.08. The second-order valence-corrected chi connectivity index (χ2v) is 5.99. The van der Waals surface area contributed by atoms with E-state index >= 15 is 0 Å². The lowest BCUT2D eigenvalue weighted by Gasteiger charge is -2.34. The molecule has 2 aromatic rings. The molecule has 1 aliphatic rings. The van der Waals surface area contributed by atoms with Crippen LogP contribution in [0.4, 0.5) is 0 Å². The first kappa shape index (κ1) is 17.1. The van der Waals surface area contributed by atoms with Gasteiger partial charge in [0.25, 0.3) is 5.91 Å². The zero-order valence-electron chi connectivity index (χ0n) is 14.4. The van der Waals surface area contributed by atoms with Crippen molar-refractivity contribution in [1.29, 1.82) is 0 Å². The van der Waals surface area contributed by atoms with Gasteiger partial charge in [-0.15, -0.1) is 5.10 Å². The van der Waals surface area contributed by atoms with Crippen LogP contribution in [-0.2, 0) is 9.53 Å². The minimum atomic E-state index is -0.169. The van der Waals surface area contributed by atoms with E-state index in [4.69, 9.17) is 4.74 Å². The first-order valence-corrected chi connectivity index (χ1v) is 8.14. The smallest absolute Gasteiger partial charge is 0.276 e. The van der Waals surface area contributed by atoms with Crippen LogP contribution in [0.3, 0.4) is 0 Å². The van der Waals surface area contributed by atoms with E-state index < -0.39 is 0 Å². The van der Waals surface area contributed by atoms with Gasteiger partial charge in [-0.1, -0.05) is 22.9 Å². The summed E-state index contributed by atoms with van der Waals surface area (Å²) in [5.41, 5.74) is 2.31. The lowest BCUT2D eigenvalue weighted by atomic mass is 10.2. The standard InChI is InChI=1S/C17H21N5O3/c1-13-3-5-14(6-4-13)22-11-15(18-19-22)17(24)21-9-7-20(8-10-21)16(23)12-25-2/h3-6,11H,7-10,12H2,1-2H3. The van der Waals surface area contributed by atoms with Gasteiger partial charge in [-0.3, -0.25) is 9.59 Å². The van der Waals surface area contributed by atoms with E-state index in [1.54, 1.807) is 20.7 Å². The lowest BCUT2D eigenvalue weighted by Crippen LogP contribution is -2.51.